The molecule has 0 amide bonds. The molecule has 0 atom stereocenters. The molecule has 0 aliphatic heterocycles. The molecule has 0 spiro atoms. The van der Waals surface area contributed by atoms with Crippen LogP contribution < -0.4 is 4.74 Å². The molecule has 19 heavy (non-hydrogen) atoms. The van der Waals surface area contributed by atoms with Gasteiger partial charge in [0.25, 0.3) is 0 Å². The third-order valence-electron chi connectivity index (χ3n) is 3.02. The Morgan fingerprint density at radius 3 is 2.84 bits per heavy atom. The molecule has 2 aromatic carbocycles. The molecule has 0 radical (unpaired) electrons. The zero-order chi connectivity index (χ0) is 13.2. The average molecular weight is 273 g/mol. The van der Waals surface area contributed by atoms with Crippen molar-refractivity contribution in [1.82, 2.24) is 0 Å². The van der Waals surface area contributed by atoms with E-state index in [-0.39, 0.29) is 0 Å². The minimum atomic E-state index is 0.469. The summed E-state index contributed by atoms with van der Waals surface area (Å²) in [4.78, 5) is 0. The lowest BCUT2D eigenvalue weighted by Gasteiger charge is -2.05. The predicted molar refractivity (Wildman–Crippen MR) is 76.7 cm³/mol. The van der Waals surface area contributed by atoms with Crippen molar-refractivity contribution in [2.75, 3.05) is 0 Å². The van der Waals surface area contributed by atoms with E-state index >= 15 is 0 Å². The SMILES string of the molecule is Cc1cccc(OCc2coc3c(Cl)cccc23)c1. The van der Waals surface area contributed by atoms with Crippen LogP contribution in [0.1, 0.15) is 11.1 Å². The van der Waals surface area contributed by atoms with Crippen molar-refractivity contribution in [1.29, 1.82) is 0 Å². The normalized spacial score (nSPS) is 10.8. The van der Waals surface area contributed by atoms with Crippen LogP contribution in [0.15, 0.2) is 53.1 Å². The summed E-state index contributed by atoms with van der Waals surface area (Å²) in [7, 11) is 0. The summed E-state index contributed by atoms with van der Waals surface area (Å²) < 4.78 is 11.3. The maximum absolute atomic E-state index is 6.07. The second-order valence-electron chi connectivity index (χ2n) is 4.48. The first kappa shape index (κ1) is 12.1. The first-order valence-corrected chi connectivity index (χ1v) is 6.46. The van der Waals surface area contributed by atoms with Gasteiger partial charge < -0.3 is 9.15 Å². The fourth-order valence-electron chi connectivity index (χ4n) is 2.05. The summed E-state index contributed by atoms with van der Waals surface area (Å²) in [6.45, 7) is 2.51. The minimum absolute atomic E-state index is 0.469. The fourth-order valence-corrected chi connectivity index (χ4v) is 2.27. The molecule has 0 N–H and O–H groups in total. The van der Waals surface area contributed by atoms with Gasteiger partial charge in [-0.15, -0.1) is 0 Å². The summed E-state index contributed by atoms with van der Waals surface area (Å²) in [5.41, 5.74) is 2.89. The van der Waals surface area contributed by atoms with Crippen LogP contribution in [0.2, 0.25) is 5.02 Å². The third kappa shape index (κ3) is 2.45. The second-order valence-corrected chi connectivity index (χ2v) is 4.89. The van der Waals surface area contributed by atoms with Crippen LogP contribution in [0.4, 0.5) is 0 Å². The van der Waals surface area contributed by atoms with Crippen LogP contribution in [0, 0.1) is 6.92 Å². The van der Waals surface area contributed by atoms with Crippen LogP contribution >= 0.6 is 11.6 Å². The number of fused-ring (bicyclic) bond motifs is 1. The number of ether oxygens (including phenoxy) is 1. The third-order valence-corrected chi connectivity index (χ3v) is 3.31. The summed E-state index contributed by atoms with van der Waals surface area (Å²) in [6.07, 6.45) is 1.70. The Bertz CT molecular complexity index is 716. The van der Waals surface area contributed by atoms with E-state index < -0.39 is 0 Å². The van der Waals surface area contributed by atoms with Crippen LogP contribution in [0.5, 0.6) is 5.75 Å². The Kier molecular flexibility index (Phi) is 3.18. The summed E-state index contributed by atoms with van der Waals surface area (Å²) in [6, 6.07) is 13.7. The van der Waals surface area contributed by atoms with Gasteiger partial charge in [0.1, 0.15) is 12.4 Å². The highest BCUT2D eigenvalue weighted by Gasteiger charge is 2.09. The molecule has 2 nitrogen and oxygen atoms in total. The molecule has 3 heteroatoms. The Labute approximate surface area is 116 Å². The number of halogens is 1. The number of benzene rings is 2. The van der Waals surface area contributed by atoms with E-state index in [1.54, 1.807) is 6.26 Å². The Morgan fingerprint density at radius 2 is 2.00 bits per heavy atom. The number of furan rings is 1. The summed E-state index contributed by atoms with van der Waals surface area (Å²) in [5, 5.41) is 1.62. The van der Waals surface area contributed by atoms with E-state index in [1.807, 2.05) is 49.4 Å². The van der Waals surface area contributed by atoms with E-state index in [0.29, 0.717) is 17.2 Å². The molecule has 0 saturated heterocycles. The minimum Gasteiger partial charge on any atom is -0.489 e. The maximum atomic E-state index is 6.07. The van der Waals surface area contributed by atoms with E-state index in [2.05, 4.69) is 0 Å². The van der Waals surface area contributed by atoms with E-state index in [4.69, 9.17) is 20.8 Å². The van der Waals surface area contributed by atoms with Crippen molar-refractivity contribution in [3.63, 3.8) is 0 Å². The lowest BCUT2D eigenvalue weighted by molar-refractivity contribution is 0.306. The quantitative estimate of drug-likeness (QED) is 0.671. The number of rotatable bonds is 3. The highest BCUT2D eigenvalue weighted by molar-refractivity contribution is 6.34. The van der Waals surface area contributed by atoms with Crippen LogP contribution in [0.25, 0.3) is 11.0 Å². The standard InChI is InChI=1S/C16H13ClO2/c1-11-4-2-5-13(8-11)18-9-12-10-19-16-14(12)6-3-7-15(16)17/h2-8,10H,9H2,1H3. The molecule has 3 aromatic rings. The molecular formula is C16H13ClO2. The molecule has 0 saturated carbocycles. The number of hydrogen-bond donors (Lipinski definition) is 0. The van der Waals surface area contributed by atoms with Gasteiger partial charge in [0.05, 0.1) is 11.3 Å². The van der Waals surface area contributed by atoms with Gasteiger partial charge >= 0.3 is 0 Å². The molecule has 0 bridgehead atoms. The first-order chi connectivity index (χ1) is 9.24. The summed E-state index contributed by atoms with van der Waals surface area (Å²) >= 11 is 6.07. The van der Waals surface area contributed by atoms with E-state index in [9.17, 15) is 0 Å². The smallest absolute Gasteiger partial charge is 0.152 e. The number of hydrogen-bond acceptors (Lipinski definition) is 2. The highest BCUT2D eigenvalue weighted by Crippen LogP contribution is 2.28. The topological polar surface area (TPSA) is 22.4 Å². The molecule has 3 rings (SSSR count). The lowest BCUT2D eigenvalue weighted by atomic mass is 10.2. The number of aryl methyl sites for hydroxylation is 1. The Hall–Kier alpha value is -1.93. The molecular weight excluding hydrogens is 260 g/mol. The van der Waals surface area contributed by atoms with Crippen LogP contribution in [-0.2, 0) is 6.61 Å². The molecule has 0 unspecified atom stereocenters. The van der Waals surface area contributed by atoms with Crippen molar-refractivity contribution >= 4 is 22.6 Å². The second kappa shape index (κ2) is 4.98. The van der Waals surface area contributed by atoms with Gasteiger partial charge in [-0.05, 0) is 30.7 Å². The van der Waals surface area contributed by atoms with Gasteiger partial charge in [-0.2, -0.15) is 0 Å². The van der Waals surface area contributed by atoms with Crippen molar-refractivity contribution in [3.8, 4) is 5.75 Å². The van der Waals surface area contributed by atoms with Crippen LogP contribution in [0.3, 0.4) is 0 Å². The highest BCUT2D eigenvalue weighted by atomic mass is 35.5. The number of para-hydroxylation sites is 1. The average Bonchev–Trinajstić information content (AvgIpc) is 2.81. The largest absolute Gasteiger partial charge is 0.489 e. The zero-order valence-electron chi connectivity index (χ0n) is 10.5. The van der Waals surface area contributed by atoms with Crippen molar-refractivity contribution in [2.24, 2.45) is 0 Å². The molecule has 0 fully saturated rings. The zero-order valence-corrected chi connectivity index (χ0v) is 11.3. The van der Waals surface area contributed by atoms with Crippen molar-refractivity contribution in [2.45, 2.75) is 13.5 Å². The van der Waals surface area contributed by atoms with Gasteiger partial charge in [-0.3, -0.25) is 0 Å². The van der Waals surface area contributed by atoms with Crippen molar-refractivity contribution < 1.29 is 9.15 Å². The lowest BCUT2D eigenvalue weighted by Crippen LogP contribution is -1.94. The molecule has 0 aliphatic rings. The van der Waals surface area contributed by atoms with Gasteiger partial charge in [-0.1, -0.05) is 35.9 Å². The van der Waals surface area contributed by atoms with E-state index in [1.165, 1.54) is 5.56 Å². The van der Waals surface area contributed by atoms with Gasteiger partial charge in [0, 0.05) is 10.9 Å². The predicted octanol–water partition coefficient (Wildman–Crippen LogP) is 4.97. The molecule has 1 heterocycles. The van der Waals surface area contributed by atoms with Crippen molar-refractivity contribution in [3.05, 3.63) is 64.9 Å². The summed E-state index contributed by atoms with van der Waals surface area (Å²) in [5.74, 6) is 0.858. The van der Waals surface area contributed by atoms with Gasteiger partial charge in [-0.25, -0.2) is 0 Å². The molecule has 0 aliphatic carbocycles. The fraction of sp³-hybridized carbons (Fsp3) is 0.125. The monoisotopic (exact) mass is 272 g/mol. The Balaban J connectivity index is 1.84. The molecule has 1 aromatic heterocycles. The van der Waals surface area contributed by atoms with Gasteiger partial charge in [0.2, 0.25) is 0 Å². The molecule has 96 valence electrons. The maximum Gasteiger partial charge on any atom is 0.152 e. The van der Waals surface area contributed by atoms with Crippen LogP contribution in [-0.4, -0.2) is 0 Å². The Morgan fingerprint density at radius 1 is 1.16 bits per heavy atom. The van der Waals surface area contributed by atoms with E-state index in [0.717, 1.165) is 16.7 Å². The first-order valence-electron chi connectivity index (χ1n) is 6.08. The van der Waals surface area contributed by atoms with Gasteiger partial charge in [0.15, 0.2) is 5.58 Å².